The van der Waals surface area contributed by atoms with Gasteiger partial charge in [0.05, 0.1) is 0 Å². The van der Waals surface area contributed by atoms with E-state index in [9.17, 15) is 18.0 Å². The van der Waals surface area contributed by atoms with E-state index in [0.29, 0.717) is 6.42 Å². The number of hydrogen-bond donors (Lipinski definition) is 0. The average Bonchev–Trinajstić information content (AvgIpc) is 2.77. The van der Waals surface area contributed by atoms with Crippen LogP contribution in [-0.2, 0) is 6.18 Å². The zero-order valence-corrected chi connectivity index (χ0v) is 9.38. The van der Waals surface area contributed by atoms with E-state index in [-0.39, 0.29) is 34.9 Å². The van der Waals surface area contributed by atoms with Crippen molar-refractivity contribution >= 4 is 5.78 Å². The van der Waals surface area contributed by atoms with Crippen LogP contribution in [0.1, 0.15) is 54.0 Å². The maximum Gasteiger partial charge on any atom is 0.435 e. The lowest BCUT2D eigenvalue weighted by Gasteiger charge is -2.08. The highest BCUT2D eigenvalue weighted by atomic mass is 19.4. The molecule has 0 radical (unpaired) electrons. The minimum Gasteiger partial charge on any atom is -0.292 e. The fourth-order valence-electron chi connectivity index (χ4n) is 2.61. The number of rotatable bonds is 1. The van der Waals surface area contributed by atoms with Crippen LogP contribution in [-0.4, -0.2) is 15.6 Å². The highest BCUT2D eigenvalue weighted by Gasteiger charge is 2.58. The van der Waals surface area contributed by atoms with Gasteiger partial charge in [-0.05, 0) is 26.2 Å². The monoisotopic (exact) mass is 244 g/mol. The molecule has 1 saturated carbocycles. The van der Waals surface area contributed by atoms with Gasteiger partial charge in [-0.25, -0.2) is 0 Å². The molecule has 92 valence electrons. The normalized spacial score (nSPS) is 26.4. The average molecular weight is 244 g/mol. The topological polar surface area (TPSA) is 34.9 Å². The van der Waals surface area contributed by atoms with Crippen LogP contribution in [0, 0.1) is 5.92 Å². The second kappa shape index (κ2) is 2.91. The molecule has 0 aromatic carbocycles. The molecule has 0 N–H and O–H groups in total. The van der Waals surface area contributed by atoms with Crippen LogP contribution in [0.25, 0.3) is 0 Å². The third-order valence-electron chi connectivity index (χ3n) is 3.44. The molecule has 1 heterocycles. The van der Waals surface area contributed by atoms with Crippen LogP contribution in [0.2, 0.25) is 0 Å². The van der Waals surface area contributed by atoms with Gasteiger partial charge in [-0.2, -0.15) is 18.3 Å². The summed E-state index contributed by atoms with van der Waals surface area (Å²) < 4.78 is 39.8. The Morgan fingerprint density at radius 3 is 2.53 bits per heavy atom. The van der Waals surface area contributed by atoms with E-state index in [1.807, 2.05) is 0 Å². The standard InChI is InChI=1S/C11H11F3N2O/c1-4(2)16-8-7(5-3-6(5)9(8)17)10(15-16)11(12,13)14/h4-6H,3H2,1-2H3. The number of fused-ring (bicyclic) bond motifs is 3. The molecule has 2 aliphatic carbocycles. The molecule has 2 atom stereocenters. The Bertz CT molecular complexity index is 516. The first-order chi connectivity index (χ1) is 7.82. The highest BCUT2D eigenvalue weighted by molar-refractivity contribution is 6.05. The summed E-state index contributed by atoms with van der Waals surface area (Å²) in [5.41, 5.74) is -0.533. The van der Waals surface area contributed by atoms with Crippen molar-refractivity contribution in [3.63, 3.8) is 0 Å². The lowest BCUT2D eigenvalue weighted by atomic mass is 10.1. The number of aromatic nitrogens is 2. The number of nitrogens with zero attached hydrogens (tertiary/aromatic N) is 2. The molecule has 0 aliphatic heterocycles. The molecule has 1 aromatic heterocycles. The Hall–Kier alpha value is -1.33. The van der Waals surface area contributed by atoms with Gasteiger partial charge in [0.1, 0.15) is 5.69 Å². The van der Waals surface area contributed by atoms with Crippen molar-refractivity contribution in [1.29, 1.82) is 0 Å². The summed E-state index contributed by atoms with van der Waals surface area (Å²) in [7, 11) is 0. The Morgan fingerprint density at radius 1 is 1.35 bits per heavy atom. The summed E-state index contributed by atoms with van der Waals surface area (Å²) in [6.07, 6.45) is -3.92. The minimum atomic E-state index is -4.47. The lowest BCUT2D eigenvalue weighted by Crippen LogP contribution is -2.13. The van der Waals surface area contributed by atoms with Crippen LogP contribution in [0.3, 0.4) is 0 Å². The number of alkyl halides is 3. The molecule has 0 bridgehead atoms. The van der Waals surface area contributed by atoms with Crippen molar-refractivity contribution in [2.45, 2.75) is 38.4 Å². The van der Waals surface area contributed by atoms with E-state index in [2.05, 4.69) is 5.10 Å². The molecule has 17 heavy (non-hydrogen) atoms. The van der Waals surface area contributed by atoms with Gasteiger partial charge in [-0.15, -0.1) is 0 Å². The fraction of sp³-hybridized carbons (Fsp3) is 0.636. The second-order valence-corrected chi connectivity index (χ2v) is 4.96. The molecule has 2 aliphatic rings. The molecular formula is C11H11F3N2O. The Morgan fingerprint density at radius 2 is 2.00 bits per heavy atom. The van der Waals surface area contributed by atoms with Crippen molar-refractivity contribution < 1.29 is 18.0 Å². The number of ketones is 1. The van der Waals surface area contributed by atoms with Gasteiger partial charge in [-0.1, -0.05) is 0 Å². The predicted octanol–water partition coefficient (Wildman–Crippen LogP) is 2.78. The van der Waals surface area contributed by atoms with Crippen molar-refractivity contribution in [3.8, 4) is 0 Å². The van der Waals surface area contributed by atoms with E-state index >= 15 is 0 Å². The van der Waals surface area contributed by atoms with Crippen LogP contribution in [0.5, 0.6) is 0 Å². The van der Waals surface area contributed by atoms with E-state index < -0.39 is 11.9 Å². The zero-order valence-electron chi connectivity index (χ0n) is 9.38. The third kappa shape index (κ3) is 1.29. The minimum absolute atomic E-state index is 0.140. The molecule has 0 saturated heterocycles. The van der Waals surface area contributed by atoms with Gasteiger partial charge in [0.2, 0.25) is 0 Å². The molecule has 0 amide bonds. The van der Waals surface area contributed by atoms with Gasteiger partial charge in [0.25, 0.3) is 0 Å². The van der Waals surface area contributed by atoms with Gasteiger partial charge < -0.3 is 0 Å². The summed E-state index contributed by atoms with van der Waals surface area (Å²) in [6, 6.07) is -0.235. The van der Waals surface area contributed by atoms with E-state index in [1.165, 1.54) is 4.68 Å². The largest absolute Gasteiger partial charge is 0.435 e. The molecule has 0 spiro atoms. The van der Waals surface area contributed by atoms with Crippen molar-refractivity contribution in [1.82, 2.24) is 9.78 Å². The Labute approximate surface area is 95.6 Å². The summed E-state index contributed by atoms with van der Waals surface area (Å²) >= 11 is 0. The number of hydrogen-bond acceptors (Lipinski definition) is 2. The fourth-order valence-corrected chi connectivity index (χ4v) is 2.61. The van der Waals surface area contributed by atoms with Crippen molar-refractivity contribution in [2.75, 3.05) is 0 Å². The van der Waals surface area contributed by atoms with Crippen molar-refractivity contribution in [3.05, 3.63) is 17.0 Å². The third-order valence-corrected chi connectivity index (χ3v) is 3.44. The first kappa shape index (κ1) is 10.8. The molecule has 1 fully saturated rings. The maximum atomic E-state index is 12.9. The zero-order chi connectivity index (χ0) is 12.5. The second-order valence-electron chi connectivity index (χ2n) is 4.96. The summed E-state index contributed by atoms with van der Waals surface area (Å²) in [5, 5.41) is 3.60. The van der Waals surface area contributed by atoms with E-state index in [1.54, 1.807) is 13.8 Å². The van der Waals surface area contributed by atoms with Crippen LogP contribution in [0.15, 0.2) is 0 Å². The molecule has 1 aromatic rings. The smallest absolute Gasteiger partial charge is 0.292 e. The SMILES string of the molecule is CC(C)n1nc(C(F)(F)F)c2c1C(=O)C1CC21. The number of halogens is 3. The predicted molar refractivity (Wildman–Crippen MR) is 52.8 cm³/mol. The van der Waals surface area contributed by atoms with Crippen LogP contribution in [0.4, 0.5) is 13.2 Å². The van der Waals surface area contributed by atoms with Crippen LogP contribution >= 0.6 is 0 Å². The Balaban J connectivity index is 2.24. The van der Waals surface area contributed by atoms with E-state index in [4.69, 9.17) is 0 Å². The molecular weight excluding hydrogens is 233 g/mol. The van der Waals surface area contributed by atoms with Gasteiger partial charge in [-0.3, -0.25) is 9.48 Å². The van der Waals surface area contributed by atoms with Gasteiger partial charge >= 0.3 is 6.18 Å². The van der Waals surface area contributed by atoms with Gasteiger partial charge in [0, 0.05) is 17.5 Å². The first-order valence-electron chi connectivity index (χ1n) is 5.56. The molecule has 6 heteroatoms. The Kier molecular flexibility index (Phi) is 1.85. The highest BCUT2D eigenvalue weighted by Crippen LogP contribution is 2.59. The maximum absolute atomic E-state index is 12.9. The number of carbonyl (C=O) groups is 1. The van der Waals surface area contributed by atoms with Crippen LogP contribution < -0.4 is 0 Å². The molecule has 3 rings (SSSR count). The quantitative estimate of drug-likeness (QED) is 0.761. The molecule has 3 nitrogen and oxygen atoms in total. The van der Waals surface area contributed by atoms with E-state index in [0.717, 1.165) is 0 Å². The first-order valence-corrected chi connectivity index (χ1v) is 5.56. The van der Waals surface area contributed by atoms with Crippen molar-refractivity contribution in [2.24, 2.45) is 5.92 Å². The number of carbonyl (C=O) groups excluding carboxylic acids is 1. The molecule has 2 unspecified atom stereocenters. The van der Waals surface area contributed by atoms with Gasteiger partial charge in [0.15, 0.2) is 11.5 Å². The summed E-state index contributed by atoms with van der Waals surface area (Å²) in [4.78, 5) is 11.9. The lowest BCUT2D eigenvalue weighted by molar-refractivity contribution is -0.142. The summed E-state index contributed by atoms with van der Waals surface area (Å²) in [5.74, 6) is -0.613. The summed E-state index contributed by atoms with van der Waals surface area (Å²) in [6.45, 7) is 3.45. The number of Topliss-reactive ketones (excluding diaryl/α,β-unsaturated/α-hetero) is 1.